The van der Waals surface area contributed by atoms with E-state index in [2.05, 4.69) is 5.32 Å². The Labute approximate surface area is 206 Å². The second-order valence-corrected chi connectivity index (χ2v) is 8.72. The van der Waals surface area contributed by atoms with Crippen LogP contribution in [0.4, 0.5) is 5.69 Å². The lowest BCUT2D eigenvalue weighted by atomic mass is 9.95. The molecule has 4 rings (SSSR count). The van der Waals surface area contributed by atoms with Crippen molar-refractivity contribution in [2.24, 2.45) is 0 Å². The molecule has 0 aromatic heterocycles. The van der Waals surface area contributed by atoms with Crippen LogP contribution >= 0.6 is 0 Å². The van der Waals surface area contributed by atoms with Crippen LogP contribution in [-0.4, -0.2) is 38.1 Å². The lowest BCUT2D eigenvalue weighted by Gasteiger charge is -2.25. The van der Waals surface area contributed by atoms with Crippen LogP contribution in [0.15, 0.2) is 78.9 Å². The van der Waals surface area contributed by atoms with Gasteiger partial charge in [-0.1, -0.05) is 49.6 Å². The molecular weight excluding hydrogens is 440 g/mol. The molecule has 1 aliphatic carbocycles. The van der Waals surface area contributed by atoms with E-state index in [9.17, 15) is 9.59 Å². The van der Waals surface area contributed by atoms with E-state index in [-0.39, 0.29) is 17.9 Å². The maximum absolute atomic E-state index is 13.2. The summed E-state index contributed by atoms with van der Waals surface area (Å²) in [6.45, 7) is 0.818. The standard InChI is InChI=1S/C29H32N2O4/c1-31(27-15-9-8-14-26(27)28(32)30-23-10-4-2-5-11-23)29(33)22-16-18-25(19-17-22)35-21-20-34-24-12-6-3-7-13-24/h3,6-9,12-19,23H,2,4-5,10-11,20-21H2,1H3,(H,30,32). The van der Waals surface area contributed by atoms with Crippen molar-refractivity contribution in [2.45, 2.75) is 38.1 Å². The van der Waals surface area contributed by atoms with E-state index in [0.29, 0.717) is 35.8 Å². The average molecular weight is 473 g/mol. The normalized spacial score (nSPS) is 13.6. The van der Waals surface area contributed by atoms with Crippen molar-refractivity contribution in [3.05, 3.63) is 90.0 Å². The zero-order valence-electron chi connectivity index (χ0n) is 20.1. The average Bonchev–Trinajstić information content (AvgIpc) is 2.92. The fourth-order valence-corrected chi connectivity index (χ4v) is 4.30. The summed E-state index contributed by atoms with van der Waals surface area (Å²) < 4.78 is 11.4. The largest absolute Gasteiger partial charge is 0.490 e. The van der Waals surface area contributed by atoms with Crippen molar-refractivity contribution in [2.75, 3.05) is 25.2 Å². The molecule has 2 amide bonds. The third-order valence-electron chi connectivity index (χ3n) is 6.22. The van der Waals surface area contributed by atoms with Crippen molar-refractivity contribution in [3.8, 4) is 11.5 Å². The van der Waals surface area contributed by atoms with Crippen LogP contribution in [0.2, 0.25) is 0 Å². The van der Waals surface area contributed by atoms with Crippen LogP contribution in [0.1, 0.15) is 52.8 Å². The second-order valence-electron chi connectivity index (χ2n) is 8.72. The highest BCUT2D eigenvalue weighted by Crippen LogP contribution is 2.24. The maximum Gasteiger partial charge on any atom is 0.258 e. The number of ether oxygens (including phenoxy) is 2. The van der Waals surface area contributed by atoms with Gasteiger partial charge in [0.15, 0.2) is 0 Å². The number of carbonyl (C=O) groups excluding carboxylic acids is 2. The highest BCUT2D eigenvalue weighted by molar-refractivity contribution is 6.10. The molecule has 0 atom stereocenters. The molecule has 3 aromatic carbocycles. The van der Waals surface area contributed by atoms with Gasteiger partial charge in [0, 0.05) is 18.7 Å². The van der Waals surface area contributed by atoms with E-state index in [1.165, 1.54) is 11.3 Å². The highest BCUT2D eigenvalue weighted by Gasteiger charge is 2.22. The molecule has 3 aromatic rings. The second kappa shape index (κ2) is 12.1. The Kier molecular flexibility index (Phi) is 8.39. The number of benzene rings is 3. The predicted octanol–water partition coefficient (Wildman–Crippen LogP) is 5.48. The fourth-order valence-electron chi connectivity index (χ4n) is 4.30. The lowest BCUT2D eigenvalue weighted by molar-refractivity contribution is 0.0928. The maximum atomic E-state index is 13.2. The summed E-state index contributed by atoms with van der Waals surface area (Å²) in [5, 5.41) is 3.15. The summed E-state index contributed by atoms with van der Waals surface area (Å²) in [7, 11) is 1.69. The van der Waals surface area contributed by atoms with Crippen molar-refractivity contribution in [1.29, 1.82) is 0 Å². The van der Waals surface area contributed by atoms with Gasteiger partial charge in [-0.2, -0.15) is 0 Å². The number of anilines is 1. The number of nitrogens with one attached hydrogen (secondary N) is 1. The topological polar surface area (TPSA) is 67.9 Å². The summed E-state index contributed by atoms with van der Waals surface area (Å²) in [4.78, 5) is 27.7. The molecule has 0 saturated heterocycles. The Bertz CT molecular complexity index is 1110. The molecule has 35 heavy (non-hydrogen) atoms. The van der Waals surface area contributed by atoms with Crippen molar-refractivity contribution in [3.63, 3.8) is 0 Å². The van der Waals surface area contributed by atoms with E-state index < -0.39 is 0 Å². The smallest absolute Gasteiger partial charge is 0.258 e. The molecule has 0 bridgehead atoms. The summed E-state index contributed by atoms with van der Waals surface area (Å²) in [6, 6.07) is 24.0. The molecule has 6 nitrogen and oxygen atoms in total. The monoisotopic (exact) mass is 472 g/mol. The minimum Gasteiger partial charge on any atom is -0.490 e. The van der Waals surface area contributed by atoms with Gasteiger partial charge >= 0.3 is 0 Å². The minimum absolute atomic E-state index is 0.131. The lowest BCUT2D eigenvalue weighted by Crippen LogP contribution is -2.37. The van der Waals surface area contributed by atoms with Crippen LogP contribution in [0.3, 0.4) is 0 Å². The molecule has 1 fully saturated rings. The molecule has 0 unspecified atom stereocenters. The first kappa shape index (κ1) is 24.3. The Morgan fingerprint density at radius 1 is 0.800 bits per heavy atom. The molecule has 6 heteroatoms. The summed E-state index contributed by atoms with van der Waals surface area (Å²) in [5.41, 5.74) is 1.61. The Morgan fingerprint density at radius 3 is 2.09 bits per heavy atom. The molecule has 0 aliphatic heterocycles. The van der Waals surface area contributed by atoms with Gasteiger partial charge in [-0.3, -0.25) is 9.59 Å². The van der Waals surface area contributed by atoms with E-state index >= 15 is 0 Å². The van der Waals surface area contributed by atoms with Crippen molar-refractivity contribution < 1.29 is 19.1 Å². The quantitative estimate of drug-likeness (QED) is 0.419. The van der Waals surface area contributed by atoms with Gasteiger partial charge < -0.3 is 19.7 Å². The number of hydrogen-bond acceptors (Lipinski definition) is 4. The first-order chi connectivity index (χ1) is 17.1. The molecule has 1 aliphatic rings. The zero-order valence-corrected chi connectivity index (χ0v) is 20.1. The fraction of sp³-hybridized carbons (Fsp3) is 0.310. The molecule has 1 saturated carbocycles. The van der Waals surface area contributed by atoms with Gasteiger partial charge in [-0.25, -0.2) is 0 Å². The number of carbonyl (C=O) groups is 2. The van der Waals surface area contributed by atoms with Gasteiger partial charge in [-0.15, -0.1) is 0 Å². The molecule has 1 N–H and O–H groups in total. The zero-order chi connectivity index (χ0) is 24.5. The van der Waals surface area contributed by atoms with Crippen molar-refractivity contribution in [1.82, 2.24) is 5.32 Å². The van der Waals surface area contributed by atoms with Crippen LogP contribution in [-0.2, 0) is 0 Å². The number of nitrogens with zero attached hydrogens (tertiary/aromatic N) is 1. The molecule has 0 heterocycles. The van der Waals surface area contributed by atoms with Crippen LogP contribution < -0.4 is 19.7 Å². The summed E-state index contributed by atoms with van der Waals surface area (Å²) in [6.07, 6.45) is 5.53. The Hall–Kier alpha value is -3.80. The van der Waals surface area contributed by atoms with Gasteiger partial charge in [0.25, 0.3) is 11.8 Å². The molecule has 182 valence electrons. The molecule has 0 radical (unpaired) electrons. The van der Waals surface area contributed by atoms with Crippen LogP contribution in [0.5, 0.6) is 11.5 Å². The SMILES string of the molecule is CN(C(=O)c1ccc(OCCOc2ccccc2)cc1)c1ccccc1C(=O)NC1CCCCC1. The van der Waals surface area contributed by atoms with Crippen LogP contribution in [0, 0.1) is 0 Å². The van der Waals surface area contributed by atoms with Crippen molar-refractivity contribution >= 4 is 17.5 Å². The van der Waals surface area contributed by atoms with Gasteiger partial charge in [0.2, 0.25) is 0 Å². The number of amides is 2. The van der Waals surface area contributed by atoms with E-state index in [0.717, 1.165) is 31.4 Å². The highest BCUT2D eigenvalue weighted by atomic mass is 16.5. The summed E-state index contributed by atoms with van der Waals surface area (Å²) in [5.74, 6) is 1.14. The number of rotatable bonds is 9. The van der Waals surface area contributed by atoms with Gasteiger partial charge in [0.05, 0.1) is 11.3 Å². The molecule has 0 spiro atoms. The molecular formula is C29H32N2O4. The first-order valence-corrected chi connectivity index (χ1v) is 12.2. The Balaban J connectivity index is 1.34. The third kappa shape index (κ3) is 6.63. The first-order valence-electron chi connectivity index (χ1n) is 12.2. The van der Waals surface area contributed by atoms with E-state index in [4.69, 9.17) is 9.47 Å². The van der Waals surface area contributed by atoms with Gasteiger partial charge in [0.1, 0.15) is 24.7 Å². The predicted molar refractivity (Wildman–Crippen MR) is 137 cm³/mol. The number of hydrogen-bond donors (Lipinski definition) is 1. The third-order valence-corrected chi connectivity index (χ3v) is 6.22. The Morgan fingerprint density at radius 2 is 1.40 bits per heavy atom. The van der Waals surface area contributed by atoms with Gasteiger partial charge in [-0.05, 0) is 61.4 Å². The summed E-state index contributed by atoms with van der Waals surface area (Å²) >= 11 is 0. The minimum atomic E-state index is -0.193. The van der Waals surface area contributed by atoms with Crippen LogP contribution in [0.25, 0.3) is 0 Å². The number of para-hydroxylation sites is 2. The van der Waals surface area contributed by atoms with E-state index in [1.54, 1.807) is 43.4 Å². The van der Waals surface area contributed by atoms with E-state index in [1.807, 2.05) is 42.5 Å².